The molecule has 0 radical (unpaired) electrons. The maximum absolute atomic E-state index is 13.0. The van der Waals surface area contributed by atoms with Crippen LogP contribution in [0, 0.1) is 0 Å². The van der Waals surface area contributed by atoms with Crippen molar-refractivity contribution >= 4 is 17.8 Å². The van der Waals surface area contributed by atoms with Gasteiger partial charge >= 0.3 is 5.97 Å². The molecule has 188 valence electrons. The van der Waals surface area contributed by atoms with E-state index < -0.39 is 18.2 Å². The number of nitrogens with two attached hydrogens (primary N) is 1. The Bertz CT molecular complexity index is 980. The lowest BCUT2D eigenvalue weighted by molar-refractivity contribution is -0.151. The van der Waals surface area contributed by atoms with Gasteiger partial charge in [0.2, 0.25) is 11.8 Å². The van der Waals surface area contributed by atoms with Crippen molar-refractivity contribution in [2.24, 2.45) is 5.73 Å². The minimum atomic E-state index is -0.681. The molecule has 3 rings (SSSR count). The maximum atomic E-state index is 13.0. The van der Waals surface area contributed by atoms with Crippen LogP contribution in [-0.4, -0.2) is 54.0 Å². The quantitative estimate of drug-likeness (QED) is 0.477. The van der Waals surface area contributed by atoms with Gasteiger partial charge in [-0.2, -0.15) is 0 Å². The van der Waals surface area contributed by atoms with E-state index in [4.69, 9.17) is 15.2 Å². The van der Waals surface area contributed by atoms with Crippen LogP contribution in [0.25, 0.3) is 0 Å². The van der Waals surface area contributed by atoms with Crippen molar-refractivity contribution in [1.29, 1.82) is 0 Å². The number of rotatable bonds is 11. The monoisotopic (exact) mass is 481 g/mol. The number of ether oxygens (including phenoxy) is 2. The lowest BCUT2D eigenvalue weighted by Crippen LogP contribution is -2.51. The van der Waals surface area contributed by atoms with Crippen molar-refractivity contribution in [3.8, 4) is 5.75 Å². The van der Waals surface area contributed by atoms with E-state index in [0.717, 1.165) is 17.5 Å². The van der Waals surface area contributed by atoms with Crippen molar-refractivity contribution in [2.45, 2.75) is 64.3 Å². The molecule has 2 aromatic carbocycles. The predicted molar refractivity (Wildman–Crippen MR) is 132 cm³/mol. The third kappa shape index (κ3) is 7.29. The van der Waals surface area contributed by atoms with E-state index in [1.165, 1.54) is 0 Å². The Morgan fingerprint density at radius 2 is 1.77 bits per heavy atom. The molecular weight excluding hydrogens is 446 g/mol. The highest BCUT2D eigenvalue weighted by molar-refractivity contribution is 5.90. The van der Waals surface area contributed by atoms with Gasteiger partial charge in [0, 0.05) is 13.1 Å². The minimum Gasteiger partial charge on any atom is -0.479 e. The summed E-state index contributed by atoms with van der Waals surface area (Å²) >= 11 is 0. The van der Waals surface area contributed by atoms with Crippen molar-refractivity contribution in [2.75, 3.05) is 13.2 Å². The zero-order valence-electron chi connectivity index (χ0n) is 20.4. The van der Waals surface area contributed by atoms with Crippen LogP contribution in [0.2, 0.25) is 0 Å². The van der Waals surface area contributed by atoms with Crippen LogP contribution in [0.1, 0.15) is 44.2 Å². The van der Waals surface area contributed by atoms with Crippen LogP contribution in [0.5, 0.6) is 5.75 Å². The van der Waals surface area contributed by atoms with Crippen molar-refractivity contribution in [1.82, 2.24) is 10.2 Å². The Hall–Kier alpha value is -3.39. The Kier molecular flexibility index (Phi) is 9.66. The van der Waals surface area contributed by atoms with Crippen LogP contribution in [0.4, 0.5) is 0 Å². The van der Waals surface area contributed by atoms with Gasteiger partial charge in [0.15, 0.2) is 6.10 Å². The third-order valence-corrected chi connectivity index (χ3v) is 6.04. The van der Waals surface area contributed by atoms with Crippen molar-refractivity contribution < 1.29 is 23.9 Å². The molecule has 8 nitrogen and oxygen atoms in total. The van der Waals surface area contributed by atoms with Crippen molar-refractivity contribution in [3.63, 3.8) is 0 Å². The Labute approximate surface area is 206 Å². The van der Waals surface area contributed by atoms with Gasteiger partial charge in [0.1, 0.15) is 11.8 Å². The summed E-state index contributed by atoms with van der Waals surface area (Å²) in [6, 6.07) is 15.6. The number of benzene rings is 2. The van der Waals surface area contributed by atoms with Gasteiger partial charge in [0.25, 0.3) is 0 Å². The number of esters is 1. The molecule has 1 heterocycles. The number of likely N-dealkylation sites (tertiary alicyclic amines) is 1. The number of hydrogen-bond acceptors (Lipinski definition) is 6. The zero-order chi connectivity index (χ0) is 25.2. The SMILES string of the molecule is CCOC(=O)C(CC)Oc1ccc(CNC(=O)[C@@H]2CCCN2C(=O)[C@@H](N)Cc2ccccc2)cc1. The first-order valence-electron chi connectivity index (χ1n) is 12.2. The molecular formula is C27H35N3O5. The molecule has 0 aliphatic carbocycles. The van der Waals surface area contributed by atoms with Gasteiger partial charge in [-0.3, -0.25) is 9.59 Å². The molecule has 3 atom stereocenters. The Morgan fingerprint density at radius 3 is 2.43 bits per heavy atom. The molecule has 0 saturated carbocycles. The molecule has 2 amide bonds. The number of nitrogens with zero attached hydrogens (tertiary/aromatic N) is 1. The molecule has 0 spiro atoms. The van der Waals surface area contributed by atoms with E-state index in [9.17, 15) is 14.4 Å². The van der Waals surface area contributed by atoms with Gasteiger partial charge in [-0.25, -0.2) is 4.79 Å². The lowest BCUT2D eigenvalue weighted by atomic mass is 10.1. The second kappa shape index (κ2) is 12.9. The molecule has 1 unspecified atom stereocenters. The summed E-state index contributed by atoms with van der Waals surface area (Å²) in [6.07, 6.45) is 1.68. The van der Waals surface area contributed by atoms with E-state index in [2.05, 4.69) is 5.32 Å². The van der Waals surface area contributed by atoms with E-state index in [1.54, 1.807) is 24.0 Å². The van der Waals surface area contributed by atoms with Gasteiger partial charge in [0.05, 0.1) is 12.6 Å². The topological polar surface area (TPSA) is 111 Å². The fourth-order valence-corrected chi connectivity index (χ4v) is 4.16. The van der Waals surface area contributed by atoms with E-state index in [0.29, 0.717) is 44.7 Å². The predicted octanol–water partition coefficient (Wildman–Crippen LogP) is 2.58. The molecule has 1 fully saturated rings. The Balaban J connectivity index is 1.51. The van der Waals surface area contributed by atoms with Gasteiger partial charge in [-0.15, -0.1) is 0 Å². The van der Waals surface area contributed by atoms with E-state index in [1.807, 2.05) is 49.4 Å². The minimum absolute atomic E-state index is 0.184. The highest BCUT2D eigenvalue weighted by Crippen LogP contribution is 2.20. The molecule has 3 N–H and O–H groups in total. The number of carbonyl (C=O) groups excluding carboxylic acids is 3. The van der Waals surface area contributed by atoms with Crippen LogP contribution in [0.15, 0.2) is 54.6 Å². The molecule has 0 bridgehead atoms. The zero-order valence-corrected chi connectivity index (χ0v) is 20.4. The van der Waals surface area contributed by atoms with Gasteiger partial charge in [-0.05, 0) is 55.9 Å². The highest BCUT2D eigenvalue weighted by atomic mass is 16.6. The highest BCUT2D eigenvalue weighted by Gasteiger charge is 2.36. The summed E-state index contributed by atoms with van der Waals surface area (Å²) in [6.45, 7) is 4.78. The fraction of sp³-hybridized carbons (Fsp3) is 0.444. The molecule has 0 aromatic heterocycles. The molecule has 1 aliphatic rings. The first-order chi connectivity index (χ1) is 16.9. The smallest absolute Gasteiger partial charge is 0.347 e. The number of amides is 2. The molecule has 2 aromatic rings. The van der Waals surface area contributed by atoms with Gasteiger partial charge < -0.3 is 25.4 Å². The number of carbonyl (C=O) groups is 3. The normalized spacial score (nSPS) is 16.9. The molecule has 8 heteroatoms. The average molecular weight is 482 g/mol. The van der Waals surface area contributed by atoms with E-state index in [-0.39, 0.29) is 17.8 Å². The standard InChI is InChI=1S/C27H35N3O5/c1-3-24(27(33)34-4-2)35-21-14-12-20(13-15-21)18-29-25(31)23-11-8-16-30(23)26(32)22(28)17-19-9-6-5-7-10-19/h5-7,9-10,12-15,22-24H,3-4,8,11,16-18,28H2,1-2H3,(H,29,31)/t22-,23-,24?/m0/s1. The maximum Gasteiger partial charge on any atom is 0.347 e. The summed E-state index contributed by atoms with van der Waals surface area (Å²) in [5.74, 6) is -0.207. The fourth-order valence-electron chi connectivity index (χ4n) is 4.16. The number of nitrogens with one attached hydrogen (secondary N) is 1. The van der Waals surface area contributed by atoms with Crippen LogP contribution in [0.3, 0.4) is 0 Å². The average Bonchev–Trinajstić information content (AvgIpc) is 3.37. The van der Waals surface area contributed by atoms with Crippen LogP contribution < -0.4 is 15.8 Å². The van der Waals surface area contributed by atoms with E-state index >= 15 is 0 Å². The molecule has 1 saturated heterocycles. The second-order valence-corrected chi connectivity index (χ2v) is 8.61. The summed E-state index contributed by atoms with van der Waals surface area (Å²) in [4.78, 5) is 39.4. The third-order valence-electron chi connectivity index (χ3n) is 6.04. The summed E-state index contributed by atoms with van der Waals surface area (Å²) in [5.41, 5.74) is 8.06. The molecule has 35 heavy (non-hydrogen) atoms. The lowest BCUT2D eigenvalue weighted by Gasteiger charge is -2.26. The van der Waals surface area contributed by atoms with Crippen molar-refractivity contribution in [3.05, 3.63) is 65.7 Å². The summed E-state index contributed by atoms with van der Waals surface area (Å²) in [5, 5.41) is 2.93. The summed E-state index contributed by atoms with van der Waals surface area (Å²) < 4.78 is 10.8. The first-order valence-corrected chi connectivity index (χ1v) is 12.2. The largest absolute Gasteiger partial charge is 0.479 e. The Morgan fingerprint density at radius 1 is 1.06 bits per heavy atom. The number of hydrogen-bond donors (Lipinski definition) is 2. The van der Waals surface area contributed by atoms with Crippen LogP contribution >= 0.6 is 0 Å². The first kappa shape index (κ1) is 26.2. The van der Waals surface area contributed by atoms with Crippen LogP contribution in [-0.2, 0) is 32.1 Å². The molecule has 1 aliphatic heterocycles. The second-order valence-electron chi connectivity index (χ2n) is 8.61. The summed E-state index contributed by atoms with van der Waals surface area (Å²) in [7, 11) is 0. The van der Waals surface area contributed by atoms with Gasteiger partial charge in [-0.1, -0.05) is 49.4 Å².